The van der Waals surface area contributed by atoms with Gasteiger partial charge in [-0.05, 0) is 5.16 Å². The third kappa shape index (κ3) is 1.84. The second kappa shape index (κ2) is 4.01. The number of amides is 1. The third-order valence-corrected chi connectivity index (χ3v) is 1.15. The Hall–Kier alpha value is -2.41. The number of hydrogen-bond donors (Lipinski definition) is 1. The molecular weight excluding hydrogens is 196 g/mol. The van der Waals surface area contributed by atoms with Crippen LogP contribution >= 0.6 is 0 Å². The molecule has 74 valence electrons. The molecular formula is C5H4N4O5. The van der Waals surface area contributed by atoms with Gasteiger partial charge in [0, 0.05) is 0 Å². The average molecular weight is 200 g/mol. The van der Waals surface area contributed by atoms with Crippen molar-refractivity contribution in [1.82, 2.24) is 5.16 Å². The summed E-state index contributed by atoms with van der Waals surface area (Å²) in [5.41, 5.74) is 0. The monoisotopic (exact) mass is 200 g/mol. The fourth-order valence-electron chi connectivity index (χ4n) is 0.607. The maximum absolute atomic E-state index is 10.8. The van der Waals surface area contributed by atoms with E-state index in [-0.39, 0.29) is 10.7 Å². The number of carbonyl (C=O) groups excluding carboxylic acids is 2. The lowest BCUT2D eigenvalue weighted by atomic mass is 10.6. The quantitative estimate of drug-likeness (QED) is 0.388. The lowest BCUT2D eigenvalue weighted by Gasteiger charge is -1.96. The van der Waals surface area contributed by atoms with Crippen LogP contribution in [-0.2, 0) is 9.53 Å². The van der Waals surface area contributed by atoms with Crippen LogP contribution in [0.1, 0.15) is 0 Å². The van der Waals surface area contributed by atoms with Gasteiger partial charge in [-0.15, -0.1) is 4.99 Å². The molecule has 0 aliphatic carbocycles. The van der Waals surface area contributed by atoms with Crippen molar-refractivity contribution in [1.29, 1.82) is 0 Å². The molecule has 0 unspecified atom stereocenters. The van der Waals surface area contributed by atoms with Crippen molar-refractivity contribution >= 4 is 23.8 Å². The Kier molecular flexibility index (Phi) is 2.77. The van der Waals surface area contributed by atoms with E-state index in [4.69, 9.17) is 0 Å². The highest BCUT2D eigenvalue weighted by molar-refractivity contribution is 5.85. The molecule has 0 spiro atoms. The van der Waals surface area contributed by atoms with E-state index in [1.54, 1.807) is 0 Å². The summed E-state index contributed by atoms with van der Waals surface area (Å²) in [5, 5.41) is 15.8. The van der Waals surface area contributed by atoms with Crippen LogP contribution in [0.25, 0.3) is 0 Å². The zero-order chi connectivity index (χ0) is 10.6. The Balaban J connectivity index is 2.98. The molecule has 9 nitrogen and oxygen atoms in total. The molecule has 1 aromatic heterocycles. The van der Waals surface area contributed by atoms with Crippen LogP contribution in [0.3, 0.4) is 0 Å². The second-order valence-electron chi connectivity index (χ2n) is 1.92. The van der Waals surface area contributed by atoms with Gasteiger partial charge in [0.05, 0.1) is 7.11 Å². The Bertz CT molecular complexity index is 393. The number of aromatic nitrogens is 2. The molecule has 0 aromatic carbocycles. The van der Waals surface area contributed by atoms with Crippen molar-refractivity contribution in [3.63, 3.8) is 0 Å². The van der Waals surface area contributed by atoms with Gasteiger partial charge in [0.25, 0.3) is 0 Å². The van der Waals surface area contributed by atoms with Crippen molar-refractivity contribution in [3.05, 3.63) is 5.21 Å². The van der Waals surface area contributed by atoms with Gasteiger partial charge in [0.2, 0.25) is 6.08 Å². The van der Waals surface area contributed by atoms with Crippen LogP contribution in [0, 0.1) is 5.21 Å². The summed E-state index contributed by atoms with van der Waals surface area (Å²) in [6.07, 6.45) is 0.221. The van der Waals surface area contributed by atoms with Gasteiger partial charge in [0.1, 0.15) is 0 Å². The highest BCUT2D eigenvalue weighted by atomic mass is 16.8. The predicted molar refractivity (Wildman–Crippen MR) is 39.3 cm³/mol. The van der Waals surface area contributed by atoms with Crippen LogP contribution in [0.2, 0.25) is 0 Å². The Morgan fingerprint density at radius 1 is 1.86 bits per heavy atom. The molecule has 0 saturated carbocycles. The molecule has 1 amide bonds. The van der Waals surface area contributed by atoms with E-state index in [0.717, 1.165) is 13.2 Å². The van der Waals surface area contributed by atoms with E-state index in [9.17, 15) is 14.8 Å². The van der Waals surface area contributed by atoms with Crippen LogP contribution < -0.4 is 10.2 Å². The first-order valence-electron chi connectivity index (χ1n) is 3.21. The Morgan fingerprint density at radius 2 is 2.57 bits per heavy atom. The van der Waals surface area contributed by atoms with E-state index in [2.05, 4.69) is 19.5 Å². The topological polar surface area (TPSA) is 121 Å². The first-order chi connectivity index (χ1) is 6.69. The van der Waals surface area contributed by atoms with Gasteiger partial charge < -0.3 is 14.6 Å². The van der Waals surface area contributed by atoms with Crippen molar-refractivity contribution in [2.45, 2.75) is 0 Å². The summed E-state index contributed by atoms with van der Waals surface area (Å²) >= 11 is 0. The molecule has 0 saturated heterocycles. The third-order valence-electron chi connectivity index (χ3n) is 1.15. The number of methoxy groups -OCH3 is 1. The highest BCUT2D eigenvalue weighted by Gasteiger charge is 2.21. The van der Waals surface area contributed by atoms with Gasteiger partial charge in [-0.25, -0.2) is 9.59 Å². The highest BCUT2D eigenvalue weighted by Crippen LogP contribution is 2.16. The SMILES string of the molecule is COC(=O)Nc1c(N=C=O)no[n+]1[O-]. The summed E-state index contributed by atoms with van der Waals surface area (Å²) in [7, 11) is 1.10. The molecule has 0 atom stereocenters. The van der Waals surface area contributed by atoms with Gasteiger partial charge in [-0.1, -0.05) is 4.90 Å². The first kappa shape index (κ1) is 9.68. The van der Waals surface area contributed by atoms with Crippen LogP contribution in [0.5, 0.6) is 0 Å². The standard InChI is InChI=1S/C5H4N4O5/c1-13-5(11)7-4-3(6-2-10)8-14-9(4)12/h1H3,(H,7,11). The number of anilines is 1. The minimum Gasteiger partial charge on any atom is -0.441 e. The number of carbonyl (C=O) groups is 1. The zero-order valence-corrected chi connectivity index (χ0v) is 6.88. The van der Waals surface area contributed by atoms with Gasteiger partial charge >= 0.3 is 17.7 Å². The second-order valence-corrected chi connectivity index (χ2v) is 1.92. The largest absolute Gasteiger partial charge is 0.473 e. The van der Waals surface area contributed by atoms with Crippen LogP contribution in [-0.4, -0.2) is 24.4 Å². The van der Waals surface area contributed by atoms with E-state index in [1.165, 1.54) is 0 Å². The summed E-state index contributed by atoms with van der Waals surface area (Å²) in [4.78, 5) is 23.4. The molecule has 14 heavy (non-hydrogen) atoms. The van der Waals surface area contributed by atoms with Gasteiger partial charge in [-0.2, -0.15) is 5.32 Å². The summed E-state index contributed by atoms with van der Waals surface area (Å²) < 4.78 is 8.26. The molecule has 0 radical (unpaired) electrons. The smallest absolute Gasteiger partial charge is 0.441 e. The molecule has 9 heteroatoms. The first-order valence-corrected chi connectivity index (χ1v) is 3.21. The molecule has 0 aliphatic rings. The summed E-state index contributed by atoms with van der Waals surface area (Å²) in [5.74, 6) is -0.833. The molecule has 0 bridgehead atoms. The zero-order valence-electron chi connectivity index (χ0n) is 6.88. The predicted octanol–water partition coefficient (Wildman–Crippen LogP) is -0.546. The Labute approximate surface area is 76.5 Å². The van der Waals surface area contributed by atoms with E-state index >= 15 is 0 Å². The lowest BCUT2D eigenvalue weighted by molar-refractivity contribution is -0.790. The molecule has 1 rings (SSSR count). The molecule has 1 aromatic rings. The fraction of sp³-hybridized carbons (Fsp3) is 0.200. The minimum atomic E-state index is -0.917. The van der Waals surface area contributed by atoms with Crippen molar-refractivity contribution < 1.29 is 23.9 Å². The number of ether oxygens (including phenoxy) is 1. The maximum atomic E-state index is 10.8. The average Bonchev–Trinajstić information content (AvgIpc) is 2.50. The minimum absolute atomic E-state index is 0.132. The van der Waals surface area contributed by atoms with E-state index in [0.29, 0.717) is 0 Å². The number of isocyanates is 1. The van der Waals surface area contributed by atoms with Crippen molar-refractivity contribution in [2.75, 3.05) is 12.4 Å². The number of aliphatic imine (C=N–C) groups is 1. The van der Waals surface area contributed by atoms with Gasteiger partial charge in [0.15, 0.2) is 0 Å². The molecule has 0 aliphatic heterocycles. The van der Waals surface area contributed by atoms with Crippen LogP contribution in [0.15, 0.2) is 9.62 Å². The fourth-order valence-corrected chi connectivity index (χ4v) is 0.607. The summed E-state index contributed by atoms with van der Waals surface area (Å²) in [6.45, 7) is 0. The number of nitrogens with one attached hydrogen (secondary N) is 1. The molecule has 1 heterocycles. The number of rotatable bonds is 2. The van der Waals surface area contributed by atoms with E-state index < -0.39 is 11.9 Å². The number of nitrogens with zero attached hydrogens (tertiary/aromatic N) is 3. The van der Waals surface area contributed by atoms with Crippen LogP contribution in [0.4, 0.5) is 16.4 Å². The van der Waals surface area contributed by atoms with Crippen molar-refractivity contribution in [2.24, 2.45) is 4.99 Å². The van der Waals surface area contributed by atoms with E-state index in [1.807, 2.05) is 5.32 Å². The summed E-state index contributed by atoms with van der Waals surface area (Å²) in [6, 6.07) is 0. The lowest BCUT2D eigenvalue weighted by Crippen LogP contribution is -2.29. The molecule has 0 fully saturated rings. The molecule has 1 N–H and O–H groups in total. The maximum Gasteiger partial charge on any atom is 0.473 e. The normalized spacial score (nSPS) is 8.93. The number of hydrogen-bond acceptors (Lipinski definition) is 7. The Morgan fingerprint density at radius 3 is 3.14 bits per heavy atom. The van der Waals surface area contributed by atoms with Gasteiger partial charge in [-0.3, -0.25) is 0 Å². The van der Waals surface area contributed by atoms with Crippen molar-refractivity contribution in [3.8, 4) is 0 Å².